The maximum absolute atomic E-state index is 13.6. The number of aryl methyl sites for hydroxylation is 1. The molecule has 0 bridgehead atoms. The van der Waals surface area contributed by atoms with Crippen molar-refractivity contribution in [3.63, 3.8) is 0 Å². The number of nitrogens with one attached hydrogen (secondary N) is 1. The molecule has 5 heterocycles. The van der Waals surface area contributed by atoms with Gasteiger partial charge in [-0.05, 0) is 57.5 Å². The Morgan fingerprint density at radius 3 is 2.88 bits per heavy atom. The molecule has 3 aliphatic rings. The maximum atomic E-state index is 13.6. The van der Waals surface area contributed by atoms with Crippen molar-refractivity contribution in [2.45, 2.75) is 57.9 Å². The normalized spacial score (nSPS) is 23.4. The van der Waals surface area contributed by atoms with Gasteiger partial charge in [-0.25, -0.2) is 4.39 Å². The highest BCUT2D eigenvalue weighted by atomic mass is 19.1. The Morgan fingerprint density at radius 1 is 1.27 bits per heavy atom. The van der Waals surface area contributed by atoms with E-state index in [0.29, 0.717) is 51.3 Å². The summed E-state index contributed by atoms with van der Waals surface area (Å²) in [6.45, 7) is 10.5. The van der Waals surface area contributed by atoms with Crippen LogP contribution in [0.15, 0.2) is 30.7 Å². The van der Waals surface area contributed by atoms with E-state index in [2.05, 4.69) is 46.6 Å². The first-order valence-corrected chi connectivity index (χ1v) is 14.0. The van der Waals surface area contributed by atoms with Gasteiger partial charge in [-0.3, -0.25) is 9.89 Å². The number of carbonyl (C=O) groups is 1. The standard InChI is InChI=1S/C29H36FN7O3/c1-17-7-8-23-21(13-31-34-23)26(17)25-12-24-22(16-39-25)27(33-29(32-24)40-15-20-6-5-9-35(20)4)37-11-10-36(14-18(37)2)28(38)19(3)30/h7-8,13,18,20,25H,3,5-6,9-12,14-16H2,1-2,4H3,(H,31,34)/t18-,20-,25?/m0/s1. The lowest BCUT2D eigenvalue weighted by Gasteiger charge is -2.41. The van der Waals surface area contributed by atoms with Crippen LogP contribution in [-0.4, -0.2) is 87.8 Å². The summed E-state index contributed by atoms with van der Waals surface area (Å²) in [5, 5.41) is 8.35. The zero-order valence-corrected chi connectivity index (χ0v) is 23.3. The molecule has 2 saturated heterocycles. The fourth-order valence-corrected chi connectivity index (χ4v) is 6.28. The van der Waals surface area contributed by atoms with Crippen LogP contribution in [0.4, 0.5) is 10.2 Å². The first kappa shape index (κ1) is 26.6. The van der Waals surface area contributed by atoms with Gasteiger partial charge in [0, 0.05) is 49.1 Å². The van der Waals surface area contributed by atoms with E-state index in [1.54, 1.807) is 0 Å². The van der Waals surface area contributed by atoms with Crippen LogP contribution < -0.4 is 9.64 Å². The number of piperazine rings is 1. The van der Waals surface area contributed by atoms with Crippen LogP contribution in [0.2, 0.25) is 0 Å². The maximum Gasteiger partial charge on any atom is 0.318 e. The second-order valence-corrected chi connectivity index (χ2v) is 11.2. The Balaban J connectivity index is 1.32. The average molecular weight is 550 g/mol. The van der Waals surface area contributed by atoms with E-state index in [4.69, 9.17) is 19.4 Å². The van der Waals surface area contributed by atoms with Gasteiger partial charge in [0.05, 0.1) is 30.1 Å². The number of halogens is 1. The first-order valence-electron chi connectivity index (χ1n) is 14.0. The molecule has 212 valence electrons. The van der Waals surface area contributed by atoms with Gasteiger partial charge in [0.1, 0.15) is 12.4 Å². The lowest BCUT2D eigenvalue weighted by atomic mass is 9.93. The van der Waals surface area contributed by atoms with Gasteiger partial charge in [0.25, 0.3) is 5.91 Å². The summed E-state index contributed by atoms with van der Waals surface area (Å²) >= 11 is 0. The van der Waals surface area contributed by atoms with Gasteiger partial charge in [0.15, 0.2) is 5.83 Å². The molecule has 0 aliphatic carbocycles. The van der Waals surface area contributed by atoms with Gasteiger partial charge in [-0.1, -0.05) is 12.6 Å². The van der Waals surface area contributed by atoms with Crippen molar-refractivity contribution < 1.29 is 18.7 Å². The molecule has 1 N–H and O–H groups in total. The summed E-state index contributed by atoms with van der Waals surface area (Å²) in [5.74, 6) is -0.832. The quantitative estimate of drug-likeness (QED) is 0.467. The van der Waals surface area contributed by atoms with Crippen molar-refractivity contribution in [2.75, 3.05) is 44.7 Å². The third kappa shape index (κ3) is 4.92. The van der Waals surface area contributed by atoms with Gasteiger partial charge in [-0.2, -0.15) is 15.1 Å². The zero-order chi connectivity index (χ0) is 28.0. The Kier molecular flexibility index (Phi) is 7.18. The van der Waals surface area contributed by atoms with Crippen LogP contribution in [-0.2, 0) is 22.6 Å². The van der Waals surface area contributed by atoms with Crippen molar-refractivity contribution in [2.24, 2.45) is 0 Å². The minimum atomic E-state index is -0.935. The highest BCUT2D eigenvalue weighted by molar-refractivity contribution is 5.90. The number of fused-ring (bicyclic) bond motifs is 2. The summed E-state index contributed by atoms with van der Waals surface area (Å²) in [4.78, 5) is 28.0. The Morgan fingerprint density at radius 2 is 2.12 bits per heavy atom. The largest absolute Gasteiger partial charge is 0.462 e. The van der Waals surface area contributed by atoms with Gasteiger partial charge in [-0.15, -0.1) is 0 Å². The Labute approximate surface area is 233 Å². The third-order valence-corrected chi connectivity index (χ3v) is 8.56. The van der Waals surface area contributed by atoms with E-state index in [-0.39, 0.29) is 12.1 Å². The molecule has 2 fully saturated rings. The number of benzene rings is 1. The number of anilines is 1. The Hall–Kier alpha value is -3.57. The number of H-pyrrole nitrogens is 1. The number of likely N-dealkylation sites (tertiary alicyclic amines) is 1. The van der Waals surface area contributed by atoms with Crippen molar-refractivity contribution >= 4 is 22.6 Å². The molecule has 0 radical (unpaired) electrons. The number of carbonyl (C=O) groups excluding carboxylic acids is 1. The zero-order valence-electron chi connectivity index (χ0n) is 23.3. The van der Waals surface area contributed by atoms with Gasteiger partial charge < -0.3 is 24.2 Å². The number of hydrogen-bond acceptors (Lipinski definition) is 8. The van der Waals surface area contributed by atoms with E-state index >= 15 is 0 Å². The predicted molar refractivity (Wildman–Crippen MR) is 149 cm³/mol. The van der Waals surface area contributed by atoms with E-state index in [9.17, 15) is 9.18 Å². The molecule has 3 aromatic rings. The van der Waals surface area contributed by atoms with Crippen molar-refractivity contribution in [3.8, 4) is 6.01 Å². The Bertz CT molecular complexity index is 1440. The first-order chi connectivity index (χ1) is 19.3. The molecule has 1 amide bonds. The smallest absolute Gasteiger partial charge is 0.318 e. The third-order valence-electron chi connectivity index (χ3n) is 8.56. The molecule has 11 heteroatoms. The summed E-state index contributed by atoms with van der Waals surface area (Å²) in [7, 11) is 2.12. The van der Waals surface area contributed by atoms with E-state index in [1.807, 2.05) is 19.2 Å². The minimum absolute atomic E-state index is 0.0930. The van der Waals surface area contributed by atoms with Crippen LogP contribution in [0.1, 0.15) is 48.3 Å². The molecule has 1 unspecified atom stereocenters. The number of nitrogens with zero attached hydrogens (tertiary/aromatic N) is 6. The average Bonchev–Trinajstić information content (AvgIpc) is 3.59. The highest BCUT2D eigenvalue weighted by Crippen LogP contribution is 2.39. The van der Waals surface area contributed by atoms with E-state index in [0.717, 1.165) is 58.5 Å². The second kappa shape index (κ2) is 10.8. The van der Waals surface area contributed by atoms with Gasteiger partial charge in [0.2, 0.25) is 0 Å². The predicted octanol–water partition coefficient (Wildman–Crippen LogP) is 3.47. The number of amides is 1. The molecule has 1 aromatic carbocycles. The second-order valence-electron chi connectivity index (χ2n) is 11.2. The van der Waals surface area contributed by atoms with Crippen LogP contribution in [0.25, 0.3) is 10.9 Å². The van der Waals surface area contributed by atoms with Crippen molar-refractivity contribution in [1.82, 2.24) is 30.0 Å². The van der Waals surface area contributed by atoms with E-state index < -0.39 is 11.7 Å². The fourth-order valence-electron chi connectivity index (χ4n) is 6.28. The number of hydrogen-bond donors (Lipinski definition) is 1. The summed E-state index contributed by atoms with van der Waals surface area (Å²) in [5.41, 5.74) is 5.06. The fraction of sp³-hybridized carbons (Fsp3) is 0.517. The monoisotopic (exact) mass is 549 g/mol. The minimum Gasteiger partial charge on any atom is -0.462 e. The summed E-state index contributed by atoms with van der Waals surface area (Å²) in [6.07, 6.45) is 4.48. The molecule has 10 nitrogen and oxygen atoms in total. The van der Waals surface area contributed by atoms with Crippen molar-refractivity contribution in [1.29, 1.82) is 0 Å². The number of aromatic nitrogens is 4. The van der Waals surface area contributed by atoms with Crippen LogP contribution >= 0.6 is 0 Å². The molecule has 0 spiro atoms. The molecule has 6 rings (SSSR count). The molecular weight excluding hydrogens is 513 g/mol. The number of likely N-dealkylation sites (N-methyl/N-ethyl adjacent to an activating group) is 1. The summed E-state index contributed by atoms with van der Waals surface area (Å²) in [6, 6.07) is 4.72. The molecule has 2 aromatic heterocycles. The van der Waals surface area contributed by atoms with Crippen LogP contribution in [0, 0.1) is 6.92 Å². The molecular formula is C29H36FN7O3. The summed E-state index contributed by atoms with van der Waals surface area (Å²) < 4.78 is 26.3. The van der Waals surface area contributed by atoms with Crippen LogP contribution in [0.3, 0.4) is 0 Å². The molecule has 0 saturated carbocycles. The molecule has 3 atom stereocenters. The highest BCUT2D eigenvalue weighted by Gasteiger charge is 2.34. The lowest BCUT2D eigenvalue weighted by molar-refractivity contribution is -0.129. The molecule has 3 aliphatic heterocycles. The SMILES string of the molecule is C=C(F)C(=O)N1CCN(c2nc(OC[C@@H]3CCCN3C)nc3c2COC(c2c(C)ccc4[nH]ncc24)C3)[C@@H](C)C1. The van der Waals surface area contributed by atoms with Crippen LogP contribution in [0.5, 0.6) is 6.01 Å². The number of aromatic amines is 1. The van der Waals surface area contributed by atoms with E-state index in [1.165, 1.54) is 4.90 Å². The molecule has 40 heavy (non-hydrogen) atoms. The lowest BCUT2D eigenvalue weighted by Crippen LogP contribution is -2.54. The van der Waals surface area contributed by atoms with Crippen molar-refractivity contribution in [3.05, 3.63) is 53.1 Å². The topological polar surface area (TPSA) is 99.7 Å². The number of rotatable bonds is 6. The van der Waals surface area contributed by atoms with Gasteiger partial charge >= 0.3 is 6.01 Å². The number of ether oxygens (including phenoxy) is 2.